The van der Waals surface area contributed by atoms with E-state index < -0.39 is 0 Å². The minimum atomic E-state index is 0.298. The molecule has 0 aliphatic heterocycles. The summed E-state index contributed by atoms with van der Waals surface area (Å²) in [5, 5.41) is 7.76. The Balaban J connectivity index is 1.85. The van der Waals surface area contributed by atoms with Gasteiger partial charge in [-0.15, -0.1) is 0 Å². The number of hydrogen-bond donors (Lipinski definition) is 1. The third-order valence-corrected chi connectivity index (χ3v) is 3.15. The number of benzene rings is 1. The summed E-state index contributed by atoms with van der Waals surface area (Å²) in [6.07, 6.45) is 3.93. The van der Waals surface area contributed by atoms with Gasteiger partial charge in [0, 0.05) is 18.8 Å². The predicted molar refractivity (Wildman–Crippen MR) is 76.4 cm³/mol. The lowest BCUT2D eigenvalue weighted by Crippen LogP contribution is -2.23. The first-order valence-electron chi connectivity index (χ1n) is 6.55. The maximum absolute atomic E-state index is 5.24. The Kier molecular flexibility index (Phi) is 4.58. The summed E-state index contributed by atoms with van der Waals surface area (Å²) in [5.74, 6) is 0.897. The molecule has 0 radical (unpaired) electrons. The highest BCUT2D eigenvalue weighted by atomic mass is 16.5. The lowest BCUT2D eigenvalue weighted by molar-refractivity contribution is 0.413. The van der Waals surface area contributed by atoms with Gasteiger partial charge in [0.2, 0.25) is 0 Å². The molecule has 1 aromatic heterocycles. The minimum absolute atomic E-state index is 0.298. The van der Waals surface area contributed by atoms with Crippen molar-refractivity contribution in [2.75, 3.05) is 13.7 Å². The number of nitrogens with one attached hydrogen (secondary N) is 1. The second-order valence-corrected chi connectivity index (χ2v) is 4.73. The van der Waals surface area contributed by atoms with Crippen LogP contribution in [0, 0.1) is 6.92 Å². The average Bonchev–Trinajstić information content (AvgIpc) is 2.84. The van der Waals surface area contributed by atoms with Crippen LogP contribution in [0.4, 0.5) is 0 Å². The van der Waals surface area contributed by atoms with E-state index in [1.165, 1.54) is 11.1 Å². The topological polar surface area (TPSA) is 39.1 Å². The summed E-state index contributed by atoms with van der Waals surface area (Å²) >= 11 is 0. The first-order valence-corrected chi connectivity index (χ1v) is 6.55. The number of rotatable bonds is 6. The zero-order valence-electron chi connectivity index (χ0n) is 11.8. The van der Waals surface area contributed by atoms with E-state index in [1.807, 2.05) is 23.0 Å². The van der Waals surface area contributed by atoms with Gasteiger partial charge in [-0.2, -0.15) is 5.10 Å². The van der Waals surface area contributed by atoms with Crippen LogP contribution >= 0.6 is 0 Å². The van der Waals surface area contributed by atoms with Crippen molar-refractivity contribution in [3.05, 3.63) is 47.8 Å². The molecule has 0 fully saturated rings. The molecule has 0 spiro atoms. The molecule has 1 N–H and O–H groups in total. The molecule has 1 heterocycles. The normalized spacial score (nSPS) is 12.4. The zero-order chi connectivity index (χ0) is 13.7. The standard InChI is InChI=1S/C15H21N3O/c1-12-10-17-18(11-12)8-7-16-13(2)14-5-4-6-15(9-14)19-3/h4-6,9-11,13,16H,7-8H2,1-3H3. The second kappa shape index (κ2) is 6.38. The molecule has 2 rings (SSSR count). The van der Waals surface area contributed by atoms with Crippen LogP contribution in [-0.2, 0) is 6.54 Å². The maximum atomic E-state index is 5.24. The smallest absolute Gasteiger partial charge is 0.119 e. The minimum Gasteiger partial charge on any atom is -0.497 e. The molecule has 0 aliphatic rings. The number of methoxy groups -OCH3 is 1. The third-order valence-electron chi connectivity index (χ3n) is 3.15. The van der Waals surface area contributed by atoms with E-state index in [9.17, 15) is 0 Å². The van der Waals surface area contributed by atoms with E-state index in [4.69, 9.17) is 4.74 Å². The Hall–Kier alpha value is -1.81. The van der Waals surface area contributed by atoms with E-state index in [0.29, 0.717) is 6.04 Å². The van der Waals surface area contributed by atoms with Crippen molar-refractivity contribution in [3.63, 3.8) is 0 Å². The Labute approximate surface area is 114 Å². The molecule has 102 valence electrons. The van der Waals surface area contributed by atoms with Gasteiger partial charge in [-0.05, 0) is 37.1 Å². The fourth-order valence-corrected chi connectivity index (χ4v) is 2.01. The Morgan fingerprint density at radius 2 is 2.26 bits per heavy atom. The van der Waals surface area contributed by atoms with Crippen LogP contribution in [0.15, 0.2) is 36.7 Å². The average molecular weight is 259 g/mol. The largest absolute Gasteiger partial charge is 0.497 e. The first-order chi connectivity index (χ1) is 9.19. The van der Waals surface area contributed by atoms with E-state index in [-0.39, 0.29) is 0 Å². The van der Waals surface area contributed by atoms with E-state index in [1.54, 1.807) is 7.11 Å². The Morgan fingerprint density at radius 1 is 1.42 bits per heavy atom. The molecule has 0 amide bonds. The molecule has 0 saturated carbocycles. The highest BCUT2D eigenvalue weighted by molar-refractivity contribution is 5.30. The quantitative estimate of drug-likeness (QED) is 0.866. The van der Waals surface area contributed by atoms with Gasteiger partial charge in [0.1, 0.15) is 5.75 Å². The van der Waals surface area contributed by atoms with Gasteiger partial charge >= 0.3 is 0 Å². The summed E-state index contributed by atoms with van der Waals surface area (Å²) in [6.45, 7) is 5.97. The summed E-state index contributed by atoms with van der Waals surface area (Å²) < 4.78 is 7.20. The Morgan fingerprint density at radius 3 is 2.95 bits per heavy atom. The van der Waals surface area contributed by atoms with Crippen LogP contribution < -0.4 is 10.1 Å². The van der Waals surface area contributed by atoms with Crippen molar-refractivity contribution in [1.29, 1.82) is 0 Å². The van der Waals surface area contributed by atoms with Gasteiger partial charge in [0.25, 0.3) is 0 Å². The monoisotopic (exact) mass is 259 g/mol. The van der Waals surface area contributed by atoms with Crippen molar-refractivity contribution in [2.24, 2.45) is 0 Å². The van der Waals surface area contributed by atoms with Gasteiger partial charge in [0.05, 0.1) is 19.9 Å². The molecular formula is C15H21N3O. The first kappa shape index (κ1) is 13.6. The lowest BCUT2D eigenvalue weighted by Gasteiger charge is -2.15. The molecule has 0 saturated heterocycles. The van der Waals surface area contributed by atoms with Crippen molar-refractivity contribution in [1.82, 2.24) is 15.1 Å². The number of aromatic nitrogens is 2. The van der Waals surface area contributed by atoms with Crippen LogP contribution in [-0.4, -0.2) is 23.4 Å². The fourth-order valence-electron chi connectivity index (χ4n) is 2.01. The maximum Gasteiger partial charge on any atom is 0.119 e. The lowest BCUT2D eigenvalue weighted by atomic mass is 10.1. The van der Waals surface area contributed by atoms with E-state index in [2.05, 4.69) is 42.6 Å². The van der Waals surface area contributed by atoms with Gasteiger partial charge in [-0.1, -0.05) is 12.1 Å². The van der Waals surface area contributed by atoms with Crippen molar-refractivity contribution in [2.45, 2.75) is 26.4 Å². The van der Waals surface area contributed by atoms with Crippen LogP contribution in [0.5, 0.6) is 5.75 Å². The number of aryl methyl sites for hydroxylation is 1. The molecule has 0 bridgehead atoms. The highest BCUT2D eigenvalue weighted by Gasteiger charge is 2.05. The fraction of sp³-hybridized carbons (Fsp3) is 0.400. The van der Waals surface area contributed by atoms with Gasteiger partial charge in [-0.3, -0.25) is 4.68 Å². The van der Waals surface area contributed by atoms with Crippen molar-refractivity contribution in [3.8, 4) is 5.75 Å². The molecule has 4 heteroatoms. The summed E-state index contributed by atoms with van der Waals surface area (Å²) in [6, 6.07) is 8.45. The number of ether oxygens (including phenoxy) is 1. The van der Waals surface area contributed by atoms with E-state index in [0.717, 1.165) is 18.8 Å². The number of nitrogens with zero attached hydrogens (tertiary/aromatic N) is 2. The van der Waals surface area contributed by atoms with Crippen molar-refractivity contribution < 1.29 is 4.74 Å². The van der Waals surface area contributed by atoms with Crippen LogP contribution in [0.2, 0.25) is 0 Å². The highest BCUT2D eigenvalue weighted by Crippen LogP contribution is 2.18. The molecule has 1 atom stereocenters. The molecule has 2 aromatic rings. The Bertz CT molecular complexity index is 522. The molecular weight excluding hydrogens is 238 g/mol. The SMILES string of the molecule is COc1cccc(C(C)NCCn2cc(C)cn2)c1. The molecule has 4 nitrogen and oxygen atoms in total. The molecule has 1 unspecified atom stereocenters. The number of hydrogen-bond acceptors (Lipinski definition) is 3. The third kappa shape index (κ3) is 3.83. The summed E-state index contributed by atoms with van der Waals surface area (Å²) in [7, 11) is 1.69. The zero-order valence-corrected chi connectivity index (χ0v) is 11.8. The van der Waals surface area contributed by atoms with Gasteiger partial charge < -0.3 is 10.1 Å². The summed E-state index contributed by atoms with van der Waals surface area (Å²) in [4.78, 5) is 0. The van der Waals surface area contributed by atoms with Crippen LogP contribution in [0.3, 0.4) is 0 Å². The van der Waals surface area contributed by atoms with Crippen LogP contribution in [0.1, 0.15) is 24.1 Å². The second-order valence-electron chi connectivity index (χ2n) is 4.73. The summed E-state index contributed by atoms with van der Waals surface area (Å²) in [5.41, 5.74) is 2.43. The van der Waals surface area contributed by atoms with Crippen LogP contribution in [0.25, 0.3) is 0 Å². The molecule has 0 aliphatic carbocycles. The molecule has 19 heavy (non-hydrogen) atoms. The van der Waals surface area contributed by atoms with Gasteiger partial charge in [-0.25, -0.2) is 0 Å². The van der Waals surface area contributed by atoms with E-state index >= 15 is 0 Å². The van der Waals surface area contributed by atoms with Gasteiger partial charge in [0.15, 0.2) is 0 Å². The van der Waals surface area contributed by atoms with Crippen molar-refractivity contribution >= 4 is 0 Å². The predicted octanol–water partition coefficient (Wildman–Crippen LogP) is 2.55. The molecule has 1 aromatic carbocycles.